The number of hydrogen-bond donors (Lipinski definition) is 3. The van der Waals surface area contributed by atoms with Crippen LogP contribution in [0.3, 0.4) is 0 Å². The summed E-state index contributed by atoms with van der Waals surface area (Å²) in [5.74, 6) is -0.705. The molecule has 0 spiro atoms. The fourth-order valence-electron chi connectivity index (χ4n) is 3.25. The SMILES string of the molecule is C=C(C)C(=O)CCC(=CCCC(C)=CCCC(C)=CCc1cc(O)cc(C)c1O)C(=O)O. The monoisotopic (exact) mass is 440 g/mol. The molecular weight excluding hydrogens is 404 g/mol. The first-order valence-electron chi connectivity index (χ1n) is 10.9. The predicted molar refractivity (Wildman–Crippen MR) is 129 cm³/mol. The maximum atomic E-state index is 11.6. The Balaban J connectivity index is 2.52. The van der Waals surface area contributed by atoms with Gasteiger partial charge in [-0.05, 0) is 89.5 Å². The Bertz CT molecular complexity index is 932. The van der Waals surface area contributed by atoms with Crippen molar-refractivity contribution in [3.05, 3.63) is 70.4 Å². The molecule has 0 saturated heterocycles. The number of hydrogen-bond acceptors (Lipinski definition) is 4. The van der Waals surface area contributed by atoms with Crippen LogP contribution in [0, 0.1) is 6.92 Å². The highest BCUT2D eigenvalue weighted by atomic mass is 16.4. The third-order valence-corrected chi connectivity index (χ3v) is 5.37. The zero-order chi connectivity index (χ0) is 24.3. The van der Waals surface area contributed by atoms with Gasteiger partial charge in [0.15, 0.2) is 5.78 Å². The minimum atomic E-state index is -0.977. The van der Waals surface area contributed by atoms with Gasteiger partial charge in [0.2, 0.25) is 0 Å². The first-order valence-corrected chi connectivity index (χ1v) is 10.9. The summed E-state index contributed by atoms with van der Waals surface area (Å²) < 4.78 is 0. The zero-order valence-electron chi connectivity index (χ0n) is 19.7. The Kier molecular flexibility index (Phi) is 11.3. The van der Waals surface area contributed by atoms with Crippen molar-refractivity contribution in [1.82, 2.24) is 0 Å². The number of carboxylic acid groups (broad SMARTS) is 1. The van der Waals surface area contributed by atoms with Crippen molar-refractivity contribution in [2.24, 2.45) is 0 Å². The summed E-state index contributed by atoms with van der Waals surface area (Å²) in [4.78, 5) is 23.0. The second-order valence-corrected chi connectivity index (χ2v) is 8.39. The number of ketones is 1. The summed E-state index contributed by atoms with van der Waals surface area (Å²) in [5, 5.41) is 29.1. The van der Waals surface area contributed by atoms with Gasteiger partial charge in [-0.25, -0.2) is 4.79 Å². The molecule has 3 N–H and O–H groups in total. The van der Waals surface area contributed by atoms with Crippen LogP contribution in [0.25, 0.3) is 0 Å². The summed E-state index contributed by atoms with van der Waals surface area (Å²) in [6.07, 6.45) is 10.0. The second-order valence-electron chi connectivity index (χ2n) is 8.39. The van der Waals surface area contributed by atoms with Crippen LogP contribution < -0.4 is 0 Å². The molecule has 0 fully saturated rings. The number of aryl methyl sites for hydroxylation is 1. The van der Waals surface area contributed by atoms with Gasteiger partial charge in [0, 0.05) is 17.6 Å². The van der Waals surface area contributed by atoms with E-state index < -0.39 is 5.97 Å². The molecule has 0 aliphatic heterocycles. The Morgan fingerprint density at radius 2 is 1.50 bits per heavy atom. The van der Waals surface area contributed by atoms with Crippen LogP contribution in [0.1, 0.15) is 70.4 Å². The number of carboxylic acids is 1. The number of phenols is 2. The van der Waals surface area contributed by atoms with E-state index in [1.165, 1.54) is 11.1 Å². The van der Waals surface area contributed by atoms with Crippen molar-refractivity contribution >= 4 is 11.8 Å². The van der Waals surface area contributed by atoms with E-state index in [9.17, 15) is 24.9 Å². The van der Waals surface area contributed by atoms with E-state index in [4.69, 9.17) is 0 Å². The van der Waals surface area contributed by atoms with Crippen LogP contribution in [0.5, 0.6) is 11.5 Å². The van der Waals surface area contributed by atoms with Gasteiger partial charge in [-0.2, -0.15) is 0 Å². The van der Waals surface area contributed by atoms with Crippen LogP contribution in [-0.4, -0.2) is 27.1 Å². The maximum Gasteiger partial charge on any atom is 0.331 e. The smallest absolute Gasteiger partial charge is 0.331 e. The third kappa shape index (κ3) is 9.82. The largest absolute Gasteiger partial charge is 0.508 e. The number of rotatable bonds is 13. The molecule has 32 heavy (non-hydrogen) atoms. The maximum absolute atomic E-state index is 11.6. The lowest BCUT2D eigenvalue weighted by atomic mass is 10.0. The van der Waals surface area contributed by atoms with E-state index in [2.05, 4.69) is 18.7 Å². The Morgan fingerprint density at radius 3 is 2.09 bits per heavy atom. The Labute approximate surface area is 191 Å². The van der Waals surface area contributed by atoms with E-state index in [0.717, 1.165) is 19.3 Å². The van der Waals surface area contributed by atoms with Crippen LogP contribution in [0.4, 0.5) is 0 Å². The average molecular weight is 441 g/mol. The molecule has 0 bridgehead atoms. The van der Waals surface area contributed by atoms with Gasteiger partial charge in [-0.3, -0.25) is 4.79 Å². The van der Waals surface area contributed by atoms with Gasteiger partial charge in [-0.1, -0.05) is 36.0 Å². The van der Waals surface area contributed by atoms with E-state index in [-0.39, 0.29) is 35.7 Å². The third-order valence-electron chi connectivity index (χ3n) is 5.37. The summed E-state index contributed by atoms with van der Waals surface area (Å²) in [7, 11) is 0. The lowest BCUT2D eigenvalue weighted by Crippen LogP contribution is -2.05. The van der Waals surface area contributed by atoms with Crippen LogP contribution >= 0.6 is 0 Å². The van der Waals surface area contributed by atoms with Crippen molar-refractivity contribution < 1.29 is 24.9 Å². The fourth-order valence-corrected chi connectivity index (χ4v) is 3.25. The summed E-state index contributed by atoms with van der Waals surface area (Å²) in [5.41, 5.74) is 4.48. The standard InChI is InChI=1S/C27H36O5/c1-18(2)25(29)15-14-22(27(31)32)11-7-10-19(3)8-6-9-20(4)12-13-23-17-24(28)16-21(5)26(23)30/h8,11-12,16-17,28,30H,1,6-7,9-10,13-15H2,2-5H3,(H,31,32). The minimum Gasteiger partial charge on any atom is -0.508 e. The Hall–Kier alpha value is -3.08. The number of aromatic hydroxyl groups is 2. The molecule has 1 rings (SSSR count). The highest BCUT2D eigenvalue weighted by Crippen LogP contribution is 2.28. The number of carbonyl (C=O) groups is 2. The molecular formula is C27H36O5. The fraction of sp³-hybridized carbons (Fsp3) is 0.407. The van der Waals surface area contributed by atoms with E-state index in [1.54, 1.807) is 32.1 Å². The van der Waals surface area contributed by atoms with Gasteiger partial charge < -0.3 is 15.3 Å². The molecule has 1 aromatic carbocycles. The molecule has 0 unspecified atom stereocenters. The highest BCUT2D eigenvalue weighted by molar-refractivity contribution is 5.95. The lowest BCUT2D eigenvalue weighted by Gasteiger charge is -2.07. The molecule has 174 valence electrons. The number of allylic oxidation sites excluding steroid dienone is 6. The molecule has 5 nitrogen and oxygen atoms in total. The summed E-state index contributed by atoms with van der Waals surface area (Å²) in [6.45, 7) is 11.1. The lowest BCUT2D eigenvalue weighted by molar-refractivity contribution is -0.132. The van der Waals surface area contributed by atoms with Gasteiger partial charge in [0.05, 0.1) is 0 Å². The normalized spacial score (nSPS) is 12.7. The van der Waals surface area contributed by atoms with Crippen molar-refractivity contribution in [3.63, 3.8) is 0 Å². The molecule has 0 aromatic heterocycles. The van der Waals surface area contributed by atoms with Crippen molar-refractivity contribution in [2.45, 2.75) is 72.6 Å². The predicted octanol–water partition coefficient (Wildman–Crippen LogP) is 6.34. The number of phenolic OH excluding ortho intramolecular Hbond substituents is 2. The molecule has 1 aromatic rings. The zero-order valence-corrected chi connectivity index (χ0v) is 19.7. The van der Waals surface area contributed by atoms with Crippen molar-refractivity contribution in [3.8, 4) is 11.5 Å². The van der Waals surface area contributed by atoms with E-state index in [1.807, 2.05) is 13.8 Å². The average Bonchev–Trinajstić information content (AvgIpc) is 2.71. The van der Waals surface area contributed by atoms with Crippen LogP contribution in [0.2, 0.25) is 0 Å². The topological polar surface area (TPSA) is 94.8 Å². The van der Waals surface area contributed by atoms with Gasteiger partial charge >= 0.3 is 5.97 Å². The number of carbonyl (C=O) groups excluding carboxylic acids is 1. The number of aliphatic carboxylic acids is 1. The van der Waals surface area contributed by atoms with E-state index >= 15 is 0 Å². The summed E-state index contributed by atoms with van der Waals surface area (Å²) >= 11 is 0. The van der Waals surface area contributed by atoms with E-state index in [0.29, 0.717) is 29.5 Å². The van der Waals surface area contributed by atoms with Gasteiger partial charge in [0.1, 0.15) is 11.5 Å². The molecule has 0 radical (unpaired) electrons. The molecule has 0 aliphatic carbocycles. The minimum absolute atomic E-state index is 0.105. The quantitative estimate of drug-likeness (QED) is 0.189. The summed E-state index contributed by atoms with van der Waals surface area (Å²) in [6, 6.07) is 3.13. The van der Waals surface area contributed by atoms with Crippen molar-refractivity contribution in [2.75, 3.05) is 0 Å². The number of benzene rings is 1. The Morgan fingerprint density at radius 1 is 0.906 bits per heavy atom. The molecule has 0 atom stereocenters. The highest BCUT2D eigenvalue weighted by Gasteiger charge is 2.10. The first-order chi connectivity index (χ1) is 15.0. The van der Waals surface area contributed by atoms with Crippen LogP contribution in [0.15, 0.2) is 59.2 Å². The molecule has 5 heteroatoms. The van der Waals surface area contributed by atoms with Gasteiger partial charge in [-0.15, -0.1) is 0 Å². The van der Waals surface area contributed by atoms with Crippen molar-refractivity contribution in [1.29, 1.82) is 0 Å². The molecule has 0 heterocycles. The molecule has 0 aliphatic rings. The second kappa shape index (κ2) is 13.4. The first kappa shape index (κ1) is 27.0. The molecule has 0 amide bonds. The number of Topliss-reactive ketones (excluding diaryl/α,β-unsaturated/α-hetero) is 1. The van der Waals surface area contributed by atoms with Crippen LogP contribution in [-0.2, 0) is 16.0 Å². The van der Waals surface area contributed by atoms with Gasteiger partial charge in [0.25, 0.3) is 0 Å². The molecule has 0 saturated carbocycles.